The van der Waals surface area contributed by atoms with Crippen LogP contribution < -0.4 is 0 Å². The van der Waals surface area contributed by atoms with Gasteiger partial charge in [0, 0.05) is 11.3 Å². The second-order valence-electron chi connectivity index (χ2n) is 7.77. The molecule has 3 aliphatic rings. The molecule has 3 rings (SSSR count). The number of aliphatic hydroxyl groups excluding tert-OH is 1. The van der Waals surface area contributed by atoms with Gasteiger partial charge in [-0.05, 0) is 43.4 Å². The monoisotopic (exact) mass is 287 g/mol. The van der Waals surface area contributed by atoms with Crippen molar-refractivity contribution in [2.75, 3.05) is 0 Å². The van der Waals surface area contributed by atoms with Crippen LogP contribution in [0.3, 0.4) is 0 Å². The van der Waals surface area contributed by atoms with Crippen LogP contribution in [0.5, 0.6) is 0 Å². The van der Waals surface area contributed by atoms with Gasteiger partial charge in [-0.25, -0.2) is 0 Å². The molecule has 0 aromatic carbocycles. The van der Waals surface area contributed by atoms with Gasteiger partial charge in [0.2, 0.25) is 0 Å². The molecule has 0 heterocycles. The largest absolute Gasteiger partial charge is 0.392 e. The number of fused-ring (bicyclic) bond motifs is 3. The SMILES string of the molecule is CC1C(=O)C(C#N)C[C@]2(C)C3=CCCC(O)C3(C)CCC12. The van der Waals surface area contributed by atoms with Gasteiger partial charge in [0.05, 0.1) is 12.2 Å². The summed E-state index contributed by atoms with van der Waals surface area (Å²) in [6, 6.07) is 2.22. The molecule has 1 N–H and O–H groups in total. The van der Waals surface area contributed by atoms with Gasteiger partial charge in [0.1, 0.15) is 5.92 Å². The van der Waals surface area contributed by atoms with E-state index in [0.29, 0.717) is 12.3 Å². The summed E-state index contributed by atoms with van der Waals surface area (Å²) in [4.78, 5) is 12.4. The first-order valence-corrected chi connectivity index (χ1v) is 8.17. The first-order valence-electron chi connectivity index (χ1n) is 8.17. The zero-order valence-electron chi connectivity index (χ0n) is 13.2. The van der Waals surface area contributed by atoms with Crippen molar-refractivity contribution in [2.45, 2.75) is 59.0 Å². The number of allylic oxidation sites excluding steroid dienone is 1. The van der Waals surface area contributed by atoms with Gasteiger partial charge >= 0.3 is 0 Å². The van der Waals surface area contributed by atoms with E-state index in [9.17, 15) is 15.2 Å². The summed E-state index contributed by atoms with van der Waals surface area (Å²) in [5, 5.41) is 19.9. The Morgan fingerprint density at radius 2 is 2.05 bits per heavy atom. The molecule has 0 aliphatic heterocycles. The minimum Gasteiger partial charge on any atom is -0.392 e. The average molecular weight is 287 g/mol. The standard InChI is InChI=1S/C18H25NO2/c1-11-13-7-8-17(2)14(5-4-6-15(17)20)18(13,3)9-12(10-19)16(11)21/h5,11-13,15,20H,4,6-9H2,1-3H3/t11?,12?,13?,15?,17?,18-/m0/s1. The second-order valence-corrected chi connectivity index (χ2v) is 7.77. The third kappa shape index (κ3) is 1.85. The van der Waals surface area contributed by atoms with E-state index in [4.69, 9.17) is 0 Å². The number of nitriles is 1. The molecular formula is C18H25NO2. The molecule has 2 saturated carbocycles. The molecule has 2 fully saturated rings. The van der Waals surface area contributed by atoms with Gasteiger partial charge in [-0.15, -0.1) is 0 Å². The summed E-state index contributed by atoms with van der Waals surface area (Å²) in [5.74, 6) is -0.0822. The van der Waals surface area contributed by atoms with Crippen LogP contribution in [0.15, 0.2) is 11.6 Å². The van der Waals surface area contributed by atoms with Gasteiger partial charge in [-0.2, -0.15) is 5.26 Å². The Morgan fingerprint density at radius 3 is 2.71 bits per heavy atom. The Balaban J connectivity index is 2.07. The molecule has 3 nitrogen and oxygen atoms in total. The predicted octanol–water partition coefficient (Wildman–Crippen LogP) is 3.24. The third-order valence-corrected chi connectivity index (χ3v) is 6.73. The Labute approximate surface area is 127 Å². The number of ketones is 1. The highest BCUT2D eigenvalue weighted by Crippen LogP contribution is 2.63. The summed E-state index contributed by atoms with van der Waals surface area (Å²) in [6.07, 6.45) is 6.32. The second kappa shape index (κ2) is 4.68. The highest BCUT2D eigenvalue weighted by Gasteiger charge is 2.58. The summed E-state index contributed by atoms with van der Waals surface area (Å²) >= 11 is 0. The first-order chi connectivity index (χ1) is 9.84. The summed E-state index contributed by atoms with van der Waals surface area (Å²) in [7, 11) is 0. The van der Waals surface area contributed by atoms with E-state index in [1.807, 2.05) is 6.92 Å². The highest BCUT2D eigenvalue weighted by atomic mass is 16.3. The molecule has 3 heteroatoms. The molecule has 5 unspecified atom stereocenters. The van der Waals surface area contributed by atoms with Crippen molar-refractivity contribution in [3.63, 3.8) is 0 Å². The van der Waals surface area contributed by atoms with Crippen LogP contribution in [-0.4, -0.2) is 17.0 Å². The van der Waals surface area contributed by atoms with E-state index >= 15 is 0 Å². The maximum atomic E-state index is 12.4. The van der Waals surface area contributed by atoms with Crippen molar-refractivity contribution in [1.29, 1.82) is 5.26 Å². The van der Waals surface area contributed by atoms with Gasteiger partial charge < -0.3 is 5.11 Å². The normalized spacial score (nSPS) is 49.7. The molecule has 21 heavy (non-hydrogen) atoms. The van der Waals surface area contributed by atoms with Crippen LogP contribution >= 0.6 is 0 Å². The number of rotatable bonds is 0. The van der Waals surface area contributed by atoms with E-state index in [-0.39, 0.29) is 28.6 Å². The van der Waals surface area contributed by atoms with Crippen LogP contribution in [-0.2, 0) is 4.79 Å². The van der Waals surface area contributed by atoms with E-state index < -0.39 is 5.92 Å². The molecule has 0 spiro atoms. The summed E-state index contributed by atoms with van der Waals surface area (Å²) in [5.41, 5.74) is 1.05. The lowest BCUT2D eigenvalue weighted by molar-refractivity contribution is -0.136. The number of hydrogen-bond acceptors (Lipinski definition) is 3. The van der Waals surface area contributed by atoms with Gasteiger partial charge in [0.25, 0.3) is 0 Å². The zero-order chi connectivity index (χ0) is 15.4. The number of hydrogen-bond donors (Lipinski definition) is 1. The molecule has 0 aromatic rings. The predicted molar refractivity (Wildman–Crippen MR) is 80.2 cm³/mol. The molecule has 6 atom stereocenters. The number of carbonyl (C=O) groups excluding carboxylic acids is 1. The summed E-state index contributed by atoms with van der Waals surface area (Å²) < 4.78 is 0. The zero-order valence-corrected chi connectivity index (χ0v) is 13.2. The Bertz CT molecular complexity index is 546. The lowest BCUT2D eigenvalue weighted by atomic mass is 9.45. The number of nitrogens with zero attached hydrogens (tertiary/aromatic N) is 1. The van der Waals surface area contributed by atoms with Crippen LogP contribution in [0.1, 0.15) is 52.9 Å². The van der Waals surface area contributed by atoms with Crippen molar-refractivity contribution < 1.29 is 9.90 Å². The molecule has 0 amide bonds. The van der Waals surface area contributed by atoms with E-state index in [1.165, 1.54) is 5.57 Å². The average Bonchev–Trinajstić information content (AvgIpc) is 2.45. The smallest absolute Gasteiger partial charge is 0.153 e. The molecule has 0 saturated heterocycles. The number of Topliss-reactive ketones (excluding diaryl/α,β-unsaturated/α-hetero) is 1. The minimum absolute atomic E-state index is 0.0436. The molecule has 0 radical (unpaired) electrons. The van der Waals surface area contributed by atoms with Gasteiger partial charge in [0.15, 0.2) is 5.78 Å². The molecule has 0 bridgehead atoms. The van der Waals surface area contributed by atoms with Crippen LogP contribution in [0.4, 0.5) is 0 Å². The fourth-order valence-corrected chi connectivity index (χ4v) is 5.49. The first kappa shape index (κ1) is 14.8. The van der Waals surface area contributed by atoms with Crippen LogP contribution in [0.25, 0.3) is 0 Å². The van der Waals surface area contributed by atoms with Crippen molar-refractivity contribution in [2.24, 2.45) is 28.6 Å². The van der Waals surface area contributed by atoms with Crippen molar-refractivity contribution in [1.82, 2.24) is 0 Å². The number of aliphatic hydroxyl groups is 1. The molecule has 3 aliphatic carbocycles. The lowest BCUT2D eigenvalue weighted by Gasteiger charge is -2.59. The van der Waals surface area contributed by atoms with Crippen LogP contribution in [0, 0.1) is 39.9 Å². The van der Waals surface area contributed by atoms with E-state index in [0.717, 1.165) is 25.7 Å². The quantitative estimate of drug-likeness (QED) is 0.696. The fourth-order valence-electron chi connectivity index (χ4n) is 5.49. The topological polar surface area (TPSA) is 61.1 Å². The molecule has 0 aromatic heterocycles. The Kier molecular flexibility index (Phi) is 3.29. The summed E-state index contributed by atoms with van der Waals surface area (Å²) in [6.45, 7) is 6.40. The van der Waals surface area contributed by atoms with Gasteiger partial charge in [-0.3, -0.25) is 4.79 Å². The minimum atomic E-state index is -0.483. The van der Waals surface area contributed by atoms with E-state index in [1.54, 1.807) is 0 Å². The molecular weight excluding hydrogens is 262 g/mol. The van der Waals surface area contributed by atoms with Crippen molar-refractivity contribution in [3.8, 4) is 6.07 Å². The molecule has 114 valence electrons. The number of carbonyl (C=O) groups is 1. The van der Waals surface area contributed by atoms with Crippen LogP contribution in [0.2, 0.25) is 0 Å². The fraction of sp³-hybridized carbons (Fsp3) is 0.778. The Morgan fingerprint density at radius 1 is 1.33 bits per heavy atom. The highest BCUT2D eigenvalue weighted by molar-refractivity contribution is 5.87. The van der Waals surface area contributed by atoms with Crippen molar-refractivity contribution in [3.05, 3.63) is 11.6 Å². The third-order valence-electron chi connectivity index (χ3n) is 6.73. The van der Waals surface area contributed by atoms with Crippen molar-refractivity contribution >= 4 is 5.78 Å². The lowest BCUT2D eigenvalue weighted by Crippen LogP contribution is -2.55. The van der Waals surface area contributed by atoms with Gasteiger partial charge in [-0.1, -0.05) is 32.4 Å². The maximum Gasteiger partial charge on any atom is 0.153 e. The Hall–Kier alpha value is -1.14. The van der Waals surface area contributed by atoms with E-state index in [2.05, 4.69) is 26.0 Å². The maximum absolute atomic E-state index is 12.4.